The van der Waals surface area contributed by atoms with Gasteiger partial charge in [0.15, 0.2) is 31.7 Å². The van der Waals surface area contributed by atoms with Crippen LogP contribution in [-0.4, -0.2) is 154 Å². The number of ether oxygens (including phenoxy) is 7. The number of carbonyl (C=O) groups excluding carboxylic acids is 6. The summed E-state index contributed by atoms with van der Waals surface area (Å²) in [7, 11) is -3.23. The van der Waals surface area contributed by atoms with Gasteiger partial charge in [0.05, 0.1) is 42.7 Å². The second-order valence-electron chi connectivity index (χ2n) is 15.4. The van der Waals surface area contributed by atoms with Gasteiger partial charge in [-0.3, -0.25) is 19.2 Å². The molecule has 1 aliphatic rings. The summed E-state index contributed by atoms with van der Waals surface area (Å²) in [6, 6.07) is 10.6. The maximum atomic E-state index is 13.2. The highest BCUT2D eigenvalue weighted by molar-refractivity contribution is 7.89. The zero-order chi connectivity index (χ0) is 47.7. The molecule has 24 heteroatoms. The van der Waals surface area contributed by atoms with Crippen molar-refractivity contribution in [3.63, 3.8) is 0 Å². The van der Waals surface area contributed by atoms with E-state index in [0.29, 0.717) is 50.8 Å². The van der Waals surface area contributed by atoms with E-state index in [2.05, 4.69) is 14.1 Å². The van der Waals surface area contributed by atoms with Crippen molar-refractivity contribution in [3.8, 4) is 17.4 Å². The first kappa shape index (κ1) is 51.5. The lowest BCUT2D eigenvalue weighted by atomic mass is 10.1. The first-order chi connectivity index (χ1) is 30.8. The zero-order valence-electron chi connectivity index (χ0n) is 37.1. The molecule has 1 aliphatic heterocycles. The number of hydrogen-bond donors (Lipinski definition) is 2. The number of anilines is 2. The number of morpholine rings is 1. The molecule has 2 amide bonds. The number of hydrogen-bond acceptors (Lipinski definition) is 20. The molecule has 65 heavy (non-hydrogen) atoms. The third-order valence-electron chi connectivity index (χ3n) is 9.23. The van der Waals surface area contributed by atoms with Crippen molar-refractivity contribution in [3.05, 3.63) is 48.0 Å². The number of unbranched alkanes of at least 4 members (excludes halogenated alkanes) is 1. The number of carbonyl (C=O) groups is 6. The van der Waals surface area contributed by atoms with Crippen molar-refractivity contribution in [1.82, 2.24) is 18.5 Å². The minimum atomic E-state index is -4.46. The Labute approximate surface area is 380 Å². The highest BCUT2D eigenvalue weighted by Crippen LogP contribution is 2.37. The highest BCUT2D eigenvalue weighted by atomic mass is 32.2. The van der Waals surface area contributed by atoms with Crippen molar-refractivity contribution in [2.45, 2.75) is 64.0 Å². The Balaban J connectivity index is 1.38. The SMILES string of the molecule is CCCCNc1cc(C(=O)OCC(=O)N(C)CC(=O)OCC(=O)O[C@H](COc2nsnc2N2CCOCC2)CN(C(=O)COC(C)=O)C(C)(C)C)cc(S(N)(=O)=O)c1Oc1ccccc1. The molecule has 2 heterocycles. The molecule has 1 fully saturated rings. The minimum absolute atomic E-state index is 0.137. The van der Waals surface area contributed by atoms with E-state index in [-0.39, 0.29) is 36.0 Å². The van der Waals surface area contributed by atoms with Crippen LogP contribution >= 0.6 is 11.7 Å². The summed E-state index contributed by atoms with van der Waals surface area (Å²) in [5, 5.41) is 8.61. The molecule has 356 valence electrons. The lowest BCUT2D eigenvalue weighted by Gasteiger charge is -2.37. The first-order valence-corrected chi connectivity index (χ1v) is 22.7. The van der Waals surface area contributed by atoms with Crippen LogP contribution in [0, 0.1) is 0 Å². The summed E-state index contributed by atoms with van der Waals surface area (Å²) in [4.78, 5) is 80.3. The minimum Gasteiger partial charge on any atom is -0.470 e. The van der Waals surface area contributed by atoms with Crippen molar-refractivity contribution >= 4 is 68.9 Å². The van der Waals surface area contributed by atoms with Gasteiger partial charge in [0, 0.05) is 39.1 Å². The lowest BCUT2D eigenvalue weighted by molar-refractivity contribution is -0.167. The maximum absolute atomic E-state index is 13.2. The van der Waals surface area contributed by atoms with E-state index in [4.69, 9.17) is 38.3 Å². The first-order valence-electron chi connectivity index (χ1n) is 20.4. The third-order valence-corrected chi connectivity index (χ3v) is 10.6. The Hall–Kier alpha value is -6.11. The number of nitrogens with one attached hydrogen (secondary N) is 1. The van der Waals surface area contributed by atoms with Crippen molar-refractivity contribution < 1.29 is 70.3 Å². The van der Waals surface area contributed by atoms with Crippen LogP contribution in [0.25, 0.3) is 0 Å². The van der Waals surface area contributed by atoms with E-state index in [1.165, 1.54) is 18.0 Å². The van der Waals surface area contributed by atoms with E-state index < -0.39 is 88.6 Å². The van der Waals surface area contributed by atoms with Crippen LogP contribution in [0.3, 0.4) is 0 Å². The summed E-state index contributed by atoms with van der Waals surface area (Å²) < 4.78 is 72.1. The summed E-state index contributed by atoms with van der Waals surface area (Å²) in [5.74, 6) is -4.42. The summed E-state index contributed by atoms with van der Waals surface area (Å²) in [6.07, 6.45) is 0.349. The number of primary sulfonamides is 1. The number of likely N-dealkylation sites (N-methyl/N-ethyl adjacent to an activating group) is 1. The highest BCUT2D eigenvalue weighted by Gasteiger charge is 2.33. The number of nitrogens with two attached hydrogens (primary N) is 1. The number of amides is 2. The standard InChI is InChI=1S/C41H55N7O15S2/c1-7-8-14-43-31-19-28(20-32(65(42,55)56)37(31)63-29-12-10-9-11-13-29)40(54)61-24-33(50)46(6)22-35(52)59-26-36(53)62-30(21-48(41(3,4)5)34(51)25-58-27(2)49)23-60-39-38(44-64-45-39)47-15-17-57-18-16-47/h9-13,19-20,30,43H,7-8,14-18,21-26H2,1-6H3,(H2,42,55,56)/t30-/m0/s1. The van der Waals surface area contributed by atoms with Crippen LogP contribution < -0.4 is 24.8 Å². The van der Waals surface area contributed by atoms with Crippen molar-refractivity contribution in [2.75, 3.05) is 89.6 Å². The van der Waals surface area contributed by atoms with Crippen LogP contribution in [0.4, 0.5) is 11.5 Å². The van der Waals surface area contributed by atoms with Gasteiger partial charge in [0.1, 0.15) is 23.8 Å². The van der Waals surface area contributed by atoms with Gasteiger partial charge in [-0.25, -0.2) is 23.1 Å². The number of benzene rings is 2. The molecule has 0 bridgehead atoms. The molecule has 3 aromatic rings. The topological polar surface area (TPSA) is 275 Å². The number of aromatic nitrogens is 2. The lowest BCUT2D eigenvalue weighted by Crippen LogP contribution is -2.52. The zero-order valence-corrected chi connectivity index (χ0v) is 38.7. The predicted molar refractivity (Wildman–Crippen MR) is 233 cm³/mol. The summed E-state index contributed by atoms with van der Waals surface area (Å²) in [5.41, 5.74) is -0.963. The van der Waals surface area contributed by atoms with Gasteiger partial charge in [-0.05, 0) is 51.5 Å². The molecule has 0 aliphatic carbocycles. The van der Waals surface area contributed by atoms with Crippen LogP contribution in [-0.2, 0) is 57.7 Å². The number of esters is 4. The second-order valence-corrected chi connectivity index (χ2v) is 17.5. The fraction of sp³-hybridized carbons (Fsp3) is 0.512. The number of sulfonamides is 1. The van der Waals surface area contributed by atoms with Crippen molar-refractivity contribution in [1.29, 1.82) is 0 Å². The van der Waals surface area contributed by atoms with Gasteiger partial charge >= 0.3 is 23.9 Å². The summed E-state index contributed by atoms with van der Waals surface area (Å²) in [6.45, 7) is 7.21. The molecular formula is C41H55N7O15S2. The third kappa shape index (κ3) is 16.4. The van der Waals surface area contributed by atoms with Gasteiger partial charge in [0.2, 0.25) is 15.8 Å². The molecule has 4 rings (SSSR count). The largest absolute Gasteiger partial charge is 0.470 e. The molecular weight excluding hydrogens is 895 g/mol. The Morgan fingerprint density at radius 2 is 1.65 bits per heavy atom. The fourth-order valence-electron chi connectivity index (χ4n) is 5.91. The van der Waals surface area contributed by atoms with Gasteiger partial charge < -0.3 is 53.2 Å². The molecule has 0 radical (unpaired) electrons. The van der Waals surface area contributed by atoms with E-state index in [1.54, 1.807) is 51.1 Å². The quantitative estimate of drug-likeness (QED) is 0.0784. The normalized spacial score (nSPS) is 13.2. The van der Waals surface area contributed by atoms with Gasteiger partial charge in [-0.1, -0.05) is 31.5 Å². The van der Waals surface area contributed by atoms with Crippen LogP contribution in [0.1, 0.15) is 57.8 Å². The molecule has 1 atom stereocenters. The molecule has 1 saturated heterocycles. The van der Waals surface area contributed by atoms with Crippen LogP contribution in [0.2, 0.25) is 0 Å². The smallest absolute Gasteiger partial charge is 0.344 e. The number of nitrogens with zero attached hydrogens (tertiary/aromatic N) is 5. The Kier molecular flexibility index (Phi) is 19.2. The molecule has 0 spiro atoms. The molecule has 0 unspecified atom stereocenters. The molecule has 22 nitrogen and oxygen atoms in total. The molecule has 0 saturated carbocycles. The number of para-hydroxylation sites is 1. The van der Waals surface area contributed by atoms with Gasteiger partial charge in [-0.15, -0.1) is 4.37 Å². The van der Waals surface area contributed by atoms with E-state index in [1.807, 2.05) is 11.8 Å². The van der Waals surface area contributed by atoms with E-state index in [0.717, 1.165) is 36.0 Å². The van der Waals surface area contributed by atoms with E-state index in [9.17, 15) is 37.2 Å². The number of rotatable bonds is 23. The summed E-state index contributed by atoms with van der Waals surface area (Å²) >= 11 is 0.915. The van der Waals surface area contributed by atoms with Gasteiger partial charge in [-0.2, -0.15) is 4.37 Å². The van der Waals surface area contributed by atoms with Crippen LogP contribution in [0.5, 0.6) is 17.4 Å². The molecule has 2 aromatic carbocycles. The second kappa shape index (κ2) is 24.3. The Morgan fingerprint density at radius 1 is 0.954 bits per heavy atom. The predicted octanol–water partition coefficient (Wildman–Crippen LogP) is 2.37. The molecule has 1 aromatic heterocycles. The van der Waals surface area contributed by atoms with Crippen molar-refractivity contribution in [2.24, 2.45) is 5.14 Å². The monoisotopic (exact) mass is 949 g/mol. The van der Waals surface area contributed by atoms with E-state index >= 15 is 0 Å². The fourth-order valence-corrected chi connectivity index (χ4v) is 7.13. The average molecular weight is 950 g/mol. The Morgan fingerprint density at radius 3 is 2.29 bits per heavy atom. The molecule has 3 N–H and O–H groups in total. The Bertz CT molecular complexity index is 2230. The average Bonchev–Trinajstić information content (AvgIpc) is 3.74. The van der Waals surface area contributed by atoms with Gasteiger partial charge in [0.25, 0.3) is 17.7 Å². The van der Waals surface area contributed by atoms with Crippen LogP contribution in [0.15, 0.2) is 47.4 Å². The maximum Gasteiger partial charge on any atom is 0.344 e.